The number of imidazole rings is 1. The number of phenols is 1. The molecule has 2 aromatic carbocycles. The van der Waals surface area contributed by atoms with Gasteiger partial charge < -0.3 is 9.67 Å². The summed E-state index contributed by atoms with van der Waals surface area (Å²) < 4.78 is 3.00. The highest BCUT2D eigenvalue weighted by molar-refractivity contribution is 6.01. The molecule has 0 radical (unpaired) electrons. The van der Waals surface area contributed by atoms with Crippen molar-refractivity contribution in [2.75, 3.05) is 5.43 Å². The van der Waals surface area contributed by atoms with E-state index < -0.39 is 11.2 Å². The topological polar surface area (TPSA) is 117 Å². The number of aromatic hydroxyl groups is 1. The smallest absolute Gasteiger partial charge is 0.329 e. The Hall–Kier alpha value is -4.14. The summed E-state index contributed by atoms with van der Waals surface area (Å²) in [6, 6.07) is 16.7. The molecule has 0 amide bonds. The minimum absolute atomic E-state index is 0.113. The highest BCUT2D eigenvalue weighted by Crippen LogP contribution is 2.19. The molecule has 0 aliphatic carbocycles. The molecule has 4 rings (SSSR count). The first-order valence-corrected chi connectivity index (χ1v) is 9.78. The first-order chi connectivity index (χ1) is 15.0. The average Bonchev–Trinajstić information content (AvgIpc) is 3.14. The van der Waals surface area contributed by atoms with Crippen LogP contribution in [0.15, 0.2) is 69.3 Å². The Kier molecular flexibility index (Phi) is 5.40. The van der Waals surface area contributed by atoms with Crippen LogP contribution in [-0.4, -0.2) is 29.9 Å². The lowest BCUT2D eigenvalue weighted by molar-refractivity contribution is 0.474. The molecule has 3 N–H and O–H groups in total. The van der Waals surface area contributed by atoms with Crippen molar-refractivity contribution < 1.29 is 5.11 Å². The Bertz CT molecular complexity index is 1380. The largest absolute Gasteiger partial charge is 0.507 e. The fourth-order valence-corrected chi connectivity index (χ4v) is 3.40. The zero-order chi connectivity index (χ0) is 22.0. The summed E-state index contributed by atoms with van der Waals surface area (Å²) in [6.07, 6.45) is 0.658. The number of aromatic amines is 1. The Morgan fingerprint density at radius 3 is 2.58 bits per heavy atom. The van der Waals surface area contributed by atoms with Crippen molar-refractivity contribution in [1.29, 1.82) is 0 Å². The third kappa shape index (κ3) is 3.97. The number of hydrogen-bond acceptors (Lipinski definition) is 6. The molecule has 4 aromatic rings. The van der Waals surface area contributed by atoms with E-state index in [1.54, 1.807) is 42.8 Å². The number of nitrogens with zero attached hydrogens (tertiary/aromatic N) is 4. The van der Waals surface area contributed by atoms with E-state index in [2.05, 4.69) is 20.5 Å². The zero-order valence-corrected chi connectivity index (χ0v) is 17.2. The molecular formula is C22H22N6O3. The maximum Gasteiger partial charge on any atom is 0.329 e. The maximum absolute atomic E-state index is 12.6. The molecule has 2 aromatic heterocycles. The van der Waals surface area contributed by atoms with Crippen LogP contribution in [-0.2, 0) is 20.0 Å². The number of aromatic nitrogens is 4. The van der Waals surface area contributed by atoms with Crippen LogP contribution in [0.5, 0.6) is 5.75 Å². The van der Waals surface area contributed by atoms with Crippen molar-refractivity contribution in [3.05, 3.63) is 86.6 Å². The van der Waals surface area contributed by atoms with Gasteiger partial charge >= 0.3 is 5.69 Å². The zero-order valence-electron chi connectivity index (χ0n) is 17.2. The van der Waals surface area contributed by atoms with Gasteiger partial charge in [0.2, 0.25) is 5.95 Å². The second-order valence-electron chi connectivity index (χ2n) is 7.14. The molecule has 0 aliphatic heterocycles. The summed E-state index contributed by atoms with van der Waals surface area (Å²) in [7, 11) is 1.55. The highest BCUT2D eigenvalue weighted by atomic mass is 16.3. The van der Waals surface area contributed by atoms with Crippen LogP contribution in [0.2, 0.25) is 0 Å². The first-order valence-electron chi connectivity index (χ1n) is 9.78. The lowest BCUT2D eigenvalue weighted by Crippen LogP contribution is -2.29. The standard InChI is InChI=1S/C22H22N6O3/c1-14(16-10-6-7-11-17(16)29)25-26-21-23-19-18(20(30)24-22(31)27(19)2)28(21)13-12-15-8-4-3-5-9-15/h3-11,29H,12-13H2,1-2H3,(H,23,26)(H,24,30,31)/b25-14+. The third-order valence-corrected chi connectivity index (χ3v) is 5.09. The van der Waals surface area contributed by atoms with Crippen LogP contribution in [0.3, 0.4) is 0 Å². The van der Waals surface area contributed by atoms with Crippen LogP contribution in [0.25, 0.3) is 11.2 Å². The number of benzene rings is 2. The molecule has 0 aliphatic rings. The molecule has 0 saturated carbocycles. The van der Waals surface area contributed by atoms with Crippen molar-refractivity contribution in [1.82, 2.24) is 19.1 Å². The van der Waals surface area contributed by atoms with Crippen molar-refractivity contribution in [3.8, 4) is 5.75 Å². The minimum atomic E-state index is -0.536. The first kappa shape index (κ1) is 20.1. The van der Waals surface area contributed by atoms with Gasteiger partial charge in [0, 0.05) is 19.2 Å². The number of H-pyrrole nitrogens is 1. The van der Waals surface area contributed by atoms with E-state index in [1.807, 2.05) is 30.3 Å². The molecule has 2 heterocycles. The Labute approximate surface area is 177 Å². The lowest BCUT2D eigenvalue weighted by Gasteiger charge is -2.09. The van der Waals surface area contributed by atoms with Crippen LogP contribution >= 0.6 is 0 Å². The molecule has 0 saturated heterocycles. The lowest BCUT2D eigenvalue weighted by atomic mass is 10.1. The number of fused-ring (bicyclic) bond motifs is 1. The van der Waals surface area contributed by atoms with E-state index in [1.165, 1.54) is 4.57 Å². The number of nitrogens with one attached hydrogen (secondary N) is 2. The van der Waals surface area contributed by atoms with Crippen molar-refractivity contribution in [2.45, 2.75) is 19.9 Å². The summed E-state index contributed by atoms with van der Waals surface area (Å²) in [6.45, 7) is 2.21. The van der Waals surface area contributed by atoms with E-state index in [-0.39, 0.29) is 16.9 Å². The molecule has 158 valence electrons. The maximum atomic E-state index is 12.6. The summed E-state index contributed by atoms with van der Waals surface area (Å²) in [5.41, 5.74) is 4.63. The van der Waals surface area contributed by atoms with E-state index in [9.17, 15) is 14.7 Å². The third-order valence-electron chi connectivity index (χ3n) is 5.09. The molecule has 9 nitrogen and oxygen atoms in total. The van der Waals surface area contributed by atoms with Crippen molar-refractivity contribution >= 4 is 22.8 Å². The normalized spacial score (nSPS) is 11.7. The van der Waals surface area contributed by atoms with Gasteiger partial charge in [-0.15, -0.1) is 0 Å². The van der Waals surface area contributed by atoms with Gasteiger partial charge in [0.25, 0.3) is 5.56 Å². The van der Waals surface area contributed by atoms with Crippen LogP contribution < -0.4 is 16.7 Å². The predicted molar refractivity (Wildman–Crippen MR) is 120 cm³/mol. The molecule has 0 fully saturated rings. The number of hydrazone groups is 1. The number of hydrogen-bond donors (Lipinski definition) is 3. The van der Waals surface area contributed by atoms with Gasteiger partial charge in [-0.3, -0.25) is 14.3 Å². The molecular weight excluding hydrogens is 396 g/mol. The van der Waals surface area contributed by atoms with Gasteiger partial charge in [-0.1, -0.05) is 42.5 Å². The monoisotopic (exact) mass is 418 g/mol. The van der Waals surface area contributed by atoms with Crippen LogP contribution in [0, 0.1) is 0 Å². The van der Waals surface area contributed by atoms with Crippen LogP contribution in [0.4, 0.5) is 5.95 Å². The molecule has 0 unspecified atom stereocenters. The van der Waals surface area contributed by atoms with E-state index in [4.69, 9.17) is 0 Å². The molecule has 9 heteroatoms. The quantitative estimate of drug-likeness (QED) is 0.328. The van der Waals surface area contributed by atoms with Gasteiger partial charge in [0.15, 0.2) is 11.2 Å². The Morgan fingerprint density at radius 2 is 1.84 bits per heavy atom. The predicted octanol–water partition coefficient (Wildman–Crippen LogP) is 2.21. The fraction of sp³-hybridized carbons (Fsp3) is 0.182. The van der Waals surface area contributed by atoms with Gasteiger partial charge in [-0.25, -0.2) is 10.2 Å². The number of aryl methyl sites for hydroxylation is 3. The average molecular weight is 418 g/mol. The Balaban J connectivity index is 1.76. The van der Waals surface area contributed by atoms with Gasteiger partial charge in [-0.05, 0) is 31.0 Å². The summed E-state index contributed by atoms with van der Waals surface area (Å²) >= 11 is 0. The summed E-state index contributed by atoms with van der Waals surface area (Å²) in [5, 5.41) is 14.4. The molecule has 0 bridgehead atoms. The summed E-state index contributed by atoms with van der Waals surface area (Å²) in [5.74, 6) is 0.439. The van der Waals surface area contributed by atoms with E-state index >= 15 is 0 Å². The van der Waals surface area contributed by atoms with Crippen molar-refractivity contribution in [2.24, 2.45) is 12.1 Å². The Morgan fingerprint density at radius 1 is 1.13 bits per heavy atom. The minimum Gasteiger partial charge on any atom is -0.507 e. The van der Waals surface area contributed by atoms with E-state index in [0.29, 0.717) is 30.2 Å². The highest BCUT2D eigenvalue weighted by Gasteiger charge is 2.17. The number of rotatable bonds is 6. The molecule has 0 atom stereocenters. The number of anilines is 1. The summed E-state index contributed by atoms with van der Waals surface area (Å²) in [4.78, 5) is 31.4. The SMILES string of the molecule is C/C(=N\Nc1nc2c(c(=O)[nH]c(=O)n2C)n1CCc1ccccc1)c1ccccc1O. The van der Waals surface area contributed by atoms with Gasteiger partial charge in [-0.2, -0.15) is 10.1 Å². The van der Waals surface area contributed by atoms with Gasteiger partial charge in [0.1, 0.15) is 5.75 Å². The fourth-order valence-electron chi connectivity index (χ4n) is 3.40. The van der Waals surface area contributed by atoms with E-state index in [0.717, 1.165) is 5.56 Å². The number of para-hydroxylation sites is 1. The molecule has 0 spiro atoms. The van der Waals surface area contributed by atoms with Crippen molar-refractivity contribution in [3.63, 3.8) is 0 Å². The second-order valence-corrected chi connectivity index (χ2v) is 7.14. The number of phenolic OH excluding ortho intramolecular Hbond substituents is 1. The second kappa shape index (κ2) is 8.31. The van der Waals surface area contributed by atoms with Crippen LogP contribution in [0.1, 0.15) is 18.1 Å². The molecule has 31 heavy (non-hydrogen) atoms. The van der Waals surface area contributed by atoms with Gasteiger partial charge in [0.05, 0.1) is 5.71 Å².